The van der Waals surface area contributed by atoms with Crippen molar-refractivity contribution in [2.75, 3.05) is 18.5 Å². The first kappa shape index (κ1) is 22.1. The lowest BCUT2D eigenvalue weighted by atomic mass is 9.92. The van der Waals surface area contributed by atoms with E-state index in [9.17, 15) is 8.78 Å². The van der Waals surface area contributed by atoms with Crippen LogP contribution < -0.4 is 10.1 Å². The number of benzene rings is 2. The van der Waals surface area contributed by atoms with Crippen LogP contribution in [0.5, 0.6) is 5.75 Å². The molecule has 1 saturated heterocycles. The normalized spacial score (nSPS) is 14.4. The molecule has 174 valence electrons. The Morgan fingerprint density at radius 2 is 1.94 bits per heavy atom. The maximum Gasteiger partial charge on any atom is 0.387 e. The molecule has 5 rings (SSSR count). The molecule has 34 heavy (non-hydrogen) atoms. The minimum Gasteiger partial charge on any atom is -0.435 e. The number of hydrogen-bond donors (Lipinski definition) is 1. The molecule has 0 radical (unpaired) electrons. The smallest absolute Gasteiger partial charge is 0.387 e. The van der Waals surface area contributed by atoms with Crippen LogP contribution in [0, 0.1) is 5.92 Å². The number of nitrogens with one attached hydrogen (secondary N) is 1. The van der Waals surface area contributed by atoms with Crippen LogP contribution in [0.1, 0.15) is 18.4 Å². The van der Waals surface area contributed by atoms with Gasteiger partial charge in [0.1, 0.15) is 17.3 Å². The number of anilines is 2. The van der Waals surface area contributed by atoms with E-state index in [2.05, 4.69) is 37.1 Å². The Bertz CT molecular complexity index is 1270. The molecule has 0 saturated carbocycles. The molecule has 7 nitrogen and oxygen atoms in total. The Hall–Kier alpha value is -3.72. The minimum absolute atomic E-state index is 0.0614. The second kappa shape index (κ2) is 10.0. The summed E-state index contributed by atoms with van der Waals surface area (Å²) in [5, 5.41) is 4.04. The molecule has 0 atom stereocenters. The van der Waals surface area contributed by atoms with Crippen molar-refractivity contribution in [2.24, 2.45) is 5.92 Å². The third kappa shape index (κ3) is 5.26. The predicted octanol–water partition coefficient (Wildman–Crippen LogP) is 5.40. The average molecular weight is 463 g/mol. The van der Waals surface area contributed by atoms with Gasteiger partial charge in [0, 0.05) is 42.7 Å². The maximum absolute atomic E-state index is 12.7. The van der Waals surface area contributed by atoms with E-state index < -0.39 is 6.61 Å². The van der Waals surface area contributed by atoms with Gasteiger partial charge in [-0.2, -0.15) is 8.78 Å². The Morgan fingerprint density at radius 1 is 1.06 bits per heavy atom. The summed E-state index contributed by atoms with van der Waals surface area (Å²) in [6.07, 6.45) is 7.84. The molecular formula is C25H23F2N5O2. The number of nitrogens with zero attached hydrogens (tertiary/aromatic N) is 4. The van der Waals surface area contributed by atoms with Gasteiger partial charge < -0.3 is 14.8 Å². The summed E-state index contributed by atoms with van der Waals surface area (Å²) in [4.78, 5) is 17.9. The molecule has 2 aromatic heterocycles. The molecule has 1 aliphatic rings. The fourth-order valence-electron chi connectivity index (χ4n) is 4.10. The first-order chi connectivity index (χ1) is 16.6. The van der Waals surface area contributed by atoms with E-state index in [1.807, 2.05) is 6.07 Å². The van der Waals surface area contributed by atoms with Crippen molar-refractivity contribution in [3.05, 3.63) is 66.6 Å². The minimum atomic E-state index is -2.90. The Balaban J connectivity index is 1.52. The maximum atomic E-state index is 12.7. The van der Waals surface area contributed by atoms with Crippen LogP contribution in [0.15, 0.2) is 61.1 Å². The van der Waals surface area contributed by atoms with Gasteiger partial charge in [0.15, 0.2) is 5.82 Å². The summed E-state index contributed by atoms with van der Waals surface area (Å²) >= 11 is 0. The quantitative estimate of drug-likeness (QED) is 0.393. The highest BCUT2D eigenvalue weighted by atomic mass is 19.3. The largest absolute Gasteiger partial charge is 0.435 e. The number of aromatic nitrogens is 4. The molecule has 0 spiro atoms. The van der Waals surface area contributed by atoms with Crippen LogP contribution in [0.3, 0.4) is 0 Å². The number of fused-ring (bicyclic) bond motifs is 1. The van der Waals surface area contributed by atoms with E-state index in [1.165, 1.54) is 17.7 Å². The summed E-state index contributed by atoms with van der Waals surface area (Å²) in [5.41, 5.74) is 3.07. The van der Waals surface area contributed by atoms with Gasteiger partial charge >= 0.3 is 6.61 Å². The van der Waals surface area contributed by atoms with Crippen LogP contribution in [0.25, 0.3) is 22.4 Å². The van der Waals surface area contributed by atoms with Crippen molar-refractivity contribution in [1.29, 1.82) is 0 Å². The molecule has 4 aromatic rings. The molecular weight excluding hydrogens is 440 g/mol. The highest BCUT2D eigenvalue weighted by Gasteiger charge is 2.16. The van der Waals surface area contributed by atoms with Crippen LogP contribution in [0.2, 0.25) is 0 Å². The number of ether oxygens (including phenoxy) is 2. The van der Waals surface area contributed by atoms with Gasteiger partial charge in [-0.1, -0.05) is 12.1 Å². The van der Waals surface area contributed by atoms with Gasteiger partial charge in [0.05, 0.1) is 11.7 Å². The van der Waals surface area contributed by atoms with E-state index in [0.29, 0.717) is 28.9 Å². The summed E-state index contributed by atoms with van der Waals surface area (Å²) in [7, 11) is 0. The molecule has 1 N–H and O–H groups in total. The van der Waals surface area contributed by atoms with E-state index >= 15 is 0 Å². The third-order valence-electron chi connectivity index (χ3n) is 5.74. The summed E-state index contributed by atoms with van der Waals surface area (Å²) in [6.45, 7) is -1.29. The molecule has 0 bridgehead atoms. The number of halogens is 2. The zero-order valence-electron chi connectivity index (χ0n) is 18.3. The van der Waals surface area contributed by atoms with Gasteiger partial charge in [-0.3, -0.25) is 4.98 Å². The summed E-state index contributed by atoms with van der Waals surface area (Å²) in [5.74, 6) is 1.61. The lowest BCUT2D eigenvalue weighted by Crippen LogP contribution is -2.17. The van der Waals surface area contributed by atoms with Gasteiger partial charge in [-0.05, 0) is 55.0 Å². The van der Waals surface area contributed by atoms with Crippen molar-refractivity contribution in [3.8, 4) is 17.3 Å². The zero-order chi connectivity index (χ0) is 23.3. The molecule has 0 aliphatic carbocycles. The summed E-state index contributed by atoms with van der Waals surface area (Å²) in [6, 6.07) is 12.5. The first-order valence-corrected chi connectivity index (χ1v) is 11.1. The molecule has 0 unspecified atom stereocenters. The average Bonchev–Trinajstić information content (AvgIpc) is 2.85. The molecule has 2 aromatic carbocycles. The molecule has 9 heteroatoms. The lowest BCUT2D eigenvalue weighted by Gasteiger charge is -2.22. The Labute approximate surface area is 195 Å². The monoisotopic (exact) mass is 463 g/mol. The summed E-state index contributed by atoms with van der Waals surface area (Å²) < 4.78 is 35.3. The van der Waals surface area contributed by atoms with E-state index in [-0.39, 0.29) is 5.75 Å². The van der Waals surface area contributed by atoms with Crippen LogP contribution >= 0.6 is 0 Å². The van der Waals surface area contributed by atoms with E-state index in [1.54, 1.807) is 30.7 Å². The molecule has 1 fully saturated rings. The van der Waals surface area contributed by atoms with Gasteiger partial charge in [0.2, 0.25) is 0 Å². The van der Waals surface area contributed by atoms with Crippen molar-refractivity contribution < 1.29 is 18.3 Å². The van der Waals surface area contributed by atoms with Crippen LogP contribution in [-0.4, -0.2) is 39.8 Å². The molecule has 1 aliphatic heterocycles. The fraction of sp³-hybridized carbons (Fsp3) is 0.280. The lowest BCUT2D eigenvalue weighted by molar-refractivity contribution is -0.0498. The third-order valence-corrected chi connectivity index (χ3v) is 5.74. The highest BCUT2D eigenvalue weighted by Crippen LogP contribution is 2.30. The predicted molar refractivity (Wildman–Crippen MR) is 124 cm³/mol. The fourth-order valence-corrected chi connectivity index (χ4v) is 4.10. The Kier molecular flexibility index (Phi) is 6.53. The van der Waals surface area contributed by atoms with Crippen molar-refractivity contribution >= 4 is 22.4 Å². The second-order valence-corrected chi connectivity index (χ2v) is 8.13. The van der Waals surface area contributed by atoms with Gasteiger partial charge in [0.25, 0.3) is 0 Å². The zero-order valence-corrected chi connectivity index (χ0v) is 18.3. The van der Waals surface area contributed by atoms with E-state index in [4.69, 9.17) is 9.72 Å². The highest BCUT2D eigenvalue weighted by molar-refractivity contribution is 5.92. The van der Waals surface area contributed by atoms with E-state index in [0.717, 1.165) is 43.4 Å². The first-order valence-electron chi connectivity index (χ1n) is 11.1. The second-order valence-electron chi connectivity index (χ2n) is 8.13. The van der Waals surface area contributed by atoms with Crippen LogP contribution in [-0.2, 0) is 11.2 Å². The number of rotatable bonds is 7. The van der Waals surface area contributed by atoms with Crippen molar-refractivity contribution in [3.63, 3.8) is 0 Å². The molecule has 0 amide bonds. The Morgan fingerprint density at radius 3 is 2.74 bits per heavy atom. The SMILES string of the molecule is FC(F)Oc1cccc(Nc2nc(-c3cnccn3)nc3cc(CC4CCOCC4)ccc23)c1. The number of hydrogen-bond acceptors (Lipinski definition) is 7. The van der Waals surface area contributed by atoms with Crippen molar-refractivity contribution in [1.82, 2.24) is 19.9 Å². The van der Waals surface area contributed by atoms with Gasteiger partial charge in [-0.25, -0.2) is 15.0 Å². The topological polar surface area (TPSA) is 82.0 Å². The van der Waals surface area contributed by atoms with Crippen molar-refractivity contribution in [2.45, 2.75) is 25.9 Å². The van der Waals surface area contributed by atoms with Gasteiger partial charge in [-0.15, -0.1) is 0 Å². The van der Waals surface area contributed by atoms with Crippen LogP contribution in [0.4, 0.5) is 20.3 Å². The molecule has 3 heterocycles. The number of alkyl halides is 2. The standard InChI is InChI=1S/C25H23F2N5O2/c26-25(27)34-19-3-1-2-18(14-19)30-23-20-5-4-17(12-16-6-10-33-11-7-16)13-21(20)31-24(32-23)22-15-28-8-9-29-22/h1-5,8-9,13-16,25H,6-7,10-12H2,(H,30,31,32).